The lowest BCUT2D eigenvalue weighted by molar-refractivity contribution is 0.0734. The van der Waals surface area contributed by atoms with E-state index in [2.05, 4.69) is 0 Å². The van der Waals surface area contributed by atoms with E-state index in [1.54, 1.807) is 12.1 Å². The smallest absolute Gasteiger partial charge is 0.343 e. The number of ether oxygens (including phenoxy) is 2. The predicted molar refractivity (Wildman–Crippen MR) is 70.8 cm³/mol. The van der Waals surface area contributed by atoms with Gasteiger partial charge in [0.05, 0.1) is 12.7 Å². The minimum atomic E-state index is -0.498. The first kappa shape index (κ1) is 13.0. The first-order valence-corrected chi connectivity index (χ1v) is 5.76. The van der Waals surface area contributed by atoms with Crippen LogP contribution in [0.25, 0.3) is 0 Å². The largest absolute Gasteiger partial charge is 0.504 e. The normalized spacial score (nSPS) is 10.0. The van der Waals surface area contributed by atoms with Crippen molar-refractivity contribution < 1.29 is 19.4 Å². The molecule has 19 heavy (non-hydrogen) atoms. The van der Waals surface area contributed by atoms with Crippen LogP contribution in [0.2, 0.25) is 0 Å². The van der Waals surface area contributed by atoms with Crippen LogP contribution in [0.4, 0.5) is 0 Å². The Labute approximate surface area is 111 Å². The van der Waals surface area contributed by atoms with Crippen molar-refractivity contribution in [3.63, 3.8) is 0 Å². The third-order valence-corrected chi connectivity index (χ3v) is 2.65. The Morgan fingerprint density at radius 3 is 2.42 bits per heavy atom. The van der Waals surface area contributed by atoms with E-state index in [4.69, 9.17) is 9.47 Å². The average Bonchev–Trinajstić information content (AvgIpc) is 2.42. The first-order chi connectivity index (χ1) is 9.10. The molecule has 2 rings (SSSR count). The summed E-state index contributed by atoms with van der Waals surface area (Å²) in [6, 6.07) is 11.5. The maximum absolute atomic E-state index is 11.9. The van der Waals surface area contributed by atoms with E-state index >= 15 is 0 Å². The second-order valence-electron chi connectivity index (χ2n) is 4.09. The van der Waals surface area contributed by atoms with Crippen molar-refractivity contribution in [1.82, 2.24) is 0 Å². The molecule has 0 bridgehead atoms. The summed E-state index contributed by atoms with van der Waals surface area (Å²) in [6.45, 7) is 1.95. The summed E-state index contributed by atoms with van der Waals surface area (Å²) in [5.74, 6) is 0.192. The summed E-state index contributed by atoms with van der Waals surface area (Å²) in [7, 11) is 1.42. The molecule has 0 saturated heterocycles. The highest BCUT2D eigenvalue weighted by Gasteiger charge is 2.11. The van der Waals surface area contributed by atoms with Crippen LogP contribution in [0.1, 0.15) is 15.9 Å². The highest BCUT2D eigenvalue weighted by molar-refractivity contribution is 5.91. The molecule has 0 spiro atoms. The minimum absolute atomic E-state index is 0.0191. The van der Waals surface area contributed by atoms with Gasteiger partial charge in [-0.15, -0.1) is 0 Å². The Morgan fingerprint density at radius 2 is 1.79 bits per heavy atom. The number of hydrogen-bond acceptors (Lipinski definition) is 4. The van der Waals surface area contributed by atoms with Crippen molar-refractivity contribution in [1.29, 1.82) is 0 Å². The second-order valence-corrected chi connectivity index (χ2v) is 4.09. The van der Waals surface area contributed by atoms with Crippen LogP contribution in [-0.2, 0) is 0 Å². The Hall–Kier alpha value is -2.49. The molecular formula is C15H14O4. The zero-order valence-electron chi connectivity index (χ0n) is 10.7. The van der Waals surface area contributed by atoms with Crippen LogP contribution >= 0.6 is 0 Å². The van der Waals surface area contributed by atoms with Crippen molar-refractivity contribution in [3.8, 4) is 17.2 Å². The zero-order chi connectivity index (χ0) is 13.8. The van der Waals surface area contributed by atoms with Gasteiger partial charge >= 0.3 is 5.97 Å². The van der Waals surface area contributed by atoms with Gasteiger partial charge in [0, 0.05) is 0 Å². The quantitative estimate of drug-likeness (QED) is 0.679. The van der Waals surface area contributed by atoms with Gasteiger partial charge in [-0.25, -0.2) is 4.79 Å². The van der Waals surface area contributed by atoms with E-state index in [-0.39, 0.29) is 11.5 Å². The molecule has 0 atom stereocenters. The van der Waals surface area contributed by atoms with Crippen molar-refractivity contribution in [3.05, 3.63) is 53.6 Å². The number of phenolic OH excluding ortho intramolecular Hbond substituents is 1. The number of hydrogen-bond donors (Lipinski definition) is 1. The Balaban J connectivity index is 2.18. The molecule has 0 heterocycles. The molecule has 0 aliphatic carbocycles. The van der Waals surface area contributed by atoms with Crippen LogP contribution in [0.15, 0.2) is 42.5 Å². The number of aryl methyl sites for hydroxylation is 1. The van der Waals surface area contributed by atoms with E-state index in [0.717, 1.165) is 5.56 Å². The molecule has 2 aromatic carbocycles. The molecule has 1 N–H and O–H groups in total. The van der Waals surface area contributed by atoms with Crippen LogP contribution in [0, 0.1) is 6.92 Å². The highest BCUT2D eigenvalue weighted by Crippen LogP contribution is 2.26. The summed E-state index contributed by atoms with van der Waals surface area (Å²) in [6.07, 6.45) is 0. The number of phenols is 1. The van der Waals surface area contributed by atoms with Gasteiger partial charge in [-0.1, -0.05) is 17.7 Å². The fourth-order valence-corrected chi connectivity index (χ4v) is 1.58. The van der Waals surface area contributed by atoms with E-state index in [9.17, 15) is 9.90 Å². The van der Waals surface area contributed by atoms with E-state index in [1.165, 1.54) is 25.3 Å². The summed E-state index contributed by atoms with van der Waals surface area (Å²) in [5.41, 5.74) is 1.40. The van der Waals surface area contributed by atoms with Gasteiger partial charge in [0.1, 0.15) is 5.75 Å². The van der Waals surface area contributed by atoms with Crippen molar-refractivity contribution in [2.45, 2.75) is 6.92 Å². The Morgan fingerprint density at radius 1 is 1.11 bits per heavy atom. The van der Waals surface area contributed by atoms with Crippen LogP contribution in [0.5, 0.6) is 17.2 Å². The van der Waals surface area contributed by atoms with Gasteiger partial charge in [-0.2, -0.15) is 0 Å². The fourth-order valence-electron chi connectivity index (χ4n) is 1.58. The fraction of sp³-hybridized carbons (Fsp3) is 0.133. The summed E-state index contributed by atoms with van der Waals surface area (Å²) >= 11 is 0. The second kappa shape index (κ2) is 5.44. The van der Waals surface area contributed by atoms with E-state index in [1.807, 2.05) is 19.1 Å². The number of carbonyl (C=O) groups excluding carboxylic acids is 1. The molecule has 0 radical (unpaired) electrons. The molecule has 4 heteroatoms. The van der Waals surface area contributed by atoms with Gasteiger partial charge in [-0.3, -0.25) is 0 Å². The number of aromatic hydroxyl groups is 1. The standard InChI is InChI=1S/C15H14O4/c1-10-3-6-12(7-4-10)19-15(17)11-5-8-13(16)14(9-11)18-2/h3-9,16H,1-2H3. The molecule has 0 fully saturated rings. The molecule has 0 aliphatic heterocycles. The van der Waals surface area contributed by atoms with Crippen LogP contribution < -0.4 is 9.47 Å². The minimum Gasteiger partial charge on any atom is -0.504 e. The maximum atomic E-state index is 11.9. The SMILES string of the molecule is COc1cc(C(=O)Oc2ccc(C)cc2)ccc1O. The lowest BCUT2D eigenvalue weighted by Crippen LogP contribution is -2.08. The monoisotopic (exact) mass is 258 g/mol. The number of esters is 1. The molecular weight excluding hydrogens is 244 g/mol. The molecule has 0 amide bonds. The van der Waals surface area contributed by atoms with Gasteiger partial charge in [-0.05, 0) is 37.3 Å². The first-order valence-electron chi connectivity index (χ1n) is 5.76. The molecule has 0 unspecified atom stereocenters. The predicted octanol–water partition coefficient (Wildman–Crippen LogP) is 2.93. The molecule has 2 aromatic rings. The number of methoxy groups -OCH3 is 1. The number of carbonyl (C=O) groups is 1. The third-order valence-electron chi connectivity index (χ3n) is 2.65. The Bertz CT molecular complexity index is 588. The summed E-state index contributed by atoms with van der Waals surface area (Å²) in [5, 5.41) is 9.46. The van der Waals surface area contributed by atoms with Crippen molar-refractivity contribution >= 4 is 5.97 Å². The van der Waals surface area contributed by atoms with Crippen molar-refractivity contribution in [2.75, 3.05) is 7.11 Å². The van der Waals surface area contributed by atoms with Gasteiger partial charge < -0.3 is 14.6 Å². The maximum Gasteiger partial charge on any atom is 0.343 e. The van der Waals surface area contributed by atoms with Crippen LogP contribution in [-0.4, -0.2) is 18.2 Å². The number of rotatable bonds is 3. The van der Waals surface area contributed by atoms with Crippen molar-refractivity contribution in [2.24, 2.45) is 0 Å². The van der Waals surface area contributed by atoms with Gasteiger partial charge in [0.15, 0.2) is 11.5 Å². The van der Waals surface area contributed by atoms with E-state index in [0.29, 0.717) is 11.3 Å². The Kier molecular flexibility index (Phi) is 3.71. The number of benzene rings is 2. The molecule has 0 aliphatic rings. The molecule has 98 valence electrons. The third kappa shape index (κ3) is 3.04. The molecule has 0 saturated carbocycles. The van der Waals surface area contributed by atoms with E-state index < -0.39 is 5.97 Å². The van der Waals surface area contributed by atoms with Crippen LogP contribution in [0.3, 0.4) is 0 Å². The summed E-state index contributed by atoms with van der Waals surface area (Å²) < 4.78 is 10.2. The topological polar surface area (TPSA) is 55.8 Å². The van der Waals surface area contributed by atoms with Gasteiger partial charge in [0.25, 0.3) is 0 Å². The highest BCUT2D eigenvalue weighted by atomic mass is 16.5. The lowest BCUT2D eigenvalue weighted by atomic mass is 10.2. The average molecular weight is 258 g/mol. The summed E-state index contributed by atoms with van der Waals surface area (Å²) in [4.78, 5) is 11.9. The zero-order valence-corrected chi connectivity index (χ0v) is 10.7. The molecule has 4 nitrogen and oxygen atoms in total. The van der Waals surface area contributed by atoms with Gasteiger partial charge in [0.2, 0.25) is 0 Å². The molecule has 0 aromatic heterocycles. The lowest BCUT2D eigenvalue weighted by Gasteiger charge is -2.07.